The molecule has 1 aromatic rings. The van der Waals surface area contributed by atoms with Crippen molar-refractivity contribution in [1.82, 2.24) is 5.32 Å². The topological polar surface area (TPSA) is 72.2 Å². The van der Waals surface area contributed by atoms with E-state index in [1.54, 1.807) is 19.9 Å². The van der Waals surface area contributed by atoms with Gasteiger partial charge in [0.1, 0.15) is 0 Å². The van der Waals surface area contributed by atoms with Crippen LogP contribution in [0.5, 0.6) is 0 Å². The van der Waals surface area contributed by atoms with E-state index in [-0.39, 0.29) is 12.3 Å². The fourth-order valence-corrected chi connectivity index (χ4v) is 2.28. The van der Waals surface area contributed by atoms with Gasteiger partial charge in [0.25, 0.3) is 5.91 Å². The van der Waals surface area contributed by atoms with Crippen LogP contribution < -0.4 is 11.1 Å². The molecule has 4 nitrogen and oxygen atoms in total. The number of rotatable bonds is 4. The average molecular weight is 360 g/mol. The first-order valence-corrected chi connectivity index (χ1v) is 6.67. The molecule has 0 heterocycles. The molecule has 3 N–H and O–H groups in total. The molecule has 98 valence electrons. The monoisotopic (exact) mass is 360 g/mol. The van der Waals surface area contributed by atoms with E-state index in [1.165, 1.54) is 0 Å². The van der Waals surface area contributed by atoms with E-state index in [1.807, 2.05) is 19.1 Å². The number of carbonyl (C=O) groups is 2. The van der Waals surface area contributed by atoms with E-state index in [9.17, 15) is 9.59 Å². The molecule has 2 amide bonds. The predicted octanol–water partition coefficient (Wildman–Crippen LogP) is 1.98. The molecule has 0 radical (unpaired) electrons. The quantitative estimate of drug-likeness (QED) is 0.806. The molecule has 0 aromatic heterocycles. The summed E-state index contributed by atoms with van der Waals surface area (Å²) < 4.78 is 0.919. The van der Waals surface area contributed by atoms with Crippen LogP contribution in [-0.2, 0) is 4.79 Å². The van der Waals surface area contributed by atoms with Crippen molar-refractivity contribution in [2.45, 2.75) is 32.7 Å². The van der Waals surface area contributed by atoms with Crippen molar-refractivity contribution >= 4 is 34.4 Å². The summed E-state index contributed by atoms with van der Waals surface area (Å²) in [5.74, 6) is -0.617. The lowest BCUT2D eigenvalue weighted by Gasteiger charge is -2.25. The van der Waals surface area contributed by atoms with Crippen molar-refractivity contribution in [3.05, 3.63) is 32.9 Å². The summed E-state index contributed by atoms with van der Waals surface area (Å²) in [7, 11) is 0. The molecule has 0 saturated heterocycles. The van der Waals surface area contributed by atoms with Gasteiger partial charge in [-0.05, 0) is 55.0 Å². The predicted molar refractivity (Wildman–Crippen MR) is 79.3 cm³/mol. The summed E-state index contributed by atoms with van der Waals surface area (Å²) in [4.78, 5) is 23.1. The fourth-order valence-electron chi connectivity index (χ4n) is 1.68. The number of aryl methyl sites for hydroxylation is 1. The third kappa shape index (κ3) is 3.97. The van der Waals surface area contributed by atoms with Gasteiger partial charge in [0.2, 0.25) is 5.91 Å². The van der Waals surface area contributed by atoms with E-state index in [0.717, 1.165) is 9.13 Å². The first kappa shape index (κ1) is 14.9. The normalized spacial score (nSPS) is 11.1. The molecule has 0 spiro atoms. The Balaban J connectivity index is 2.89. The van der Waals surface area contributed by atoms with E-state index in [4.69, 9.17) is 5.73 Å². The van der Waals surface area contributed by atoms with Crippen LogP contribution in [0.3, 0.4) is 0 Å². The molecule has 0 saturated carbocycles. The van der Waals surface area contributed by atoms with Crippen molar-refractivity contribution < 1.29 is 9.59 Å². The second-order valence-corrected chi connectivity index (χ2v) is 6.00. The zero-order valence-electron chi connectivity index (χ0n) is 10.7. The number of benzene rings is 1. The molecule has 0 atom stereocenters. The highest BCUT2D eigenvalue weighted by molar-refractivity contribution is 14.1. The van der Waals surface area contributed by atoms with Gasteiger partial charge in [-0.3, -0.25) is 9.59 Å². The Morgan fingerprint density at radius 3 is 2.56 bits per heavy atom. The highest BCUT2D eigenvalue weighted by atomic mass is 127. The Bertz CT molecular complexity index is 484. The van der Waals surface area contributed by atoms with Crippen LogP contribution in [0.1, 0.15) is 36.2 Å². The fraction of sp³-hybridized carbons (Fsp3) is 0.385. The number of hydrogen-bond donors (Lipinski definition) is 2. The van der Waals surface area contributed by atoms with Gasteiger partial charge in [0.15, 0.2) is 0 Å². The first-order chi connectivity index (χ1) is 8.23. The second kappa shape index (κ2) is 5.69. The van der Waals surface area contributed by atoms with E-state index in [0.29, 0.717) is 5.56 Å². The van der Waals surface area contributed by atoms with Gasteiger partial charge < -0.3 is 11.1 Å². The van der Waals surface area contributed by atoms with Gasteiger partial charge in [-0.1, -0.05) is 12.1 Å². The average Bonchev–Trinajstić information content (AvgIpc) is 2.18. The molecule has 0 aliphatic rings. The third-order valence-corrected chi connectivity index (χ3v) is 3.94. The summed E-state index contributed by atoms with van der Waals surface area (Å²) in [6.45, 7) is 5.50. The smallest absolute Gasteiger partial charge is 0.252 e. The summed E-state index contributed by atoms with van der Waals surface area (Å²) in [5.41, 5.74) is 6.18. The lowest BCUT2D eigenvalue weighted by molar-refractivity contribution is -0.119. The van der Waals surface area contributed by atoms with Crippen molar-refractivity contribution in [2.24, 2.45) is 5.73 Å². The molecule has 1 aromatic carbocycles. The Labute approximate surface area is 120 Å². The molecule has 1 rings (SSSR count). The molecule has 5 heteroatoms. The molecule has 0 aliphatic carbocycles. The van der Waals surface area contributed by atoms with E-state index < -0.39 is 11.4 Å². The highest BCUT2D eigenvalue weighted by Gasteiger charge is 2.24. The number of halogens is 1. The summed E-state index contributed by atoms with van der Waals surface area (Å²) >= 11 is 2.14. The SMILES string of the molecule is Cc1cccc(C(=O)NC(C)(C)CC(N)=O)c1I. The number of amides is 2. The van der Waals surface area contributed by atoms with Crippen LogP contribution in [0.15, 0.2) is 18.2 Å². The summed E-state index contributed by atoms with van der Waals surface area (Å²) in [6, 6.07) is 5.56. The number of nitrogens with one attached hydrogen (secondary N) is 1. The second-order valence-electron chi connectivity index (χ2n) is 4.92. The molecular weight excluding hydrogens is 343 g/mol. The van der Waals surface area contributed by atoms with Crippen molar-refractivity contribution in [1.29, 1.82) is 0 Å². The van der Waals surface area contributed by atoms with Gasteiger partial charge in [-0.2, -0.15) is 0 Å². The van der Waals surface area contributed by atoms with Crippen LogP contribution in [-0.4, -0.2) is 17.4 Å². The minimum Gasteiger partial charge on any atom is -0.370 e. The van der Waals surface area contributed by atoms with Gasteiger partial charge in [0.05, 0.1) is 5.56 Å². The largest absolute Gasteiger partial charge is 0.370 e. The minimum atomic E-state index is -0.643. The first-order valence-electron chi connectivity index (χ1n) is 5.59. The Kier molecular flexibility index (Phi) is 4.72. The molecule has 18 heavy (non-hydrogen) atoms. The lowest BCUT2D eigenvalue weighted by Crippen LogP contribution is -2.46. The van der Waals surface area contributed by atoms with E-state index >= 15 is 0 Å². The van der Waals surface area contributed by atoms with Crippen LogP contribution in [0, 0.1) is 10.5 Å². The zero-order valence-corrected chi connectivity index (χ0v) is 12.9. The van der Waals surface area contributed by atoms with Gasteiger partial charge in [-0.25, -0.2) is 0 Å². The van der Waals surface area contributed by atoms with Crippen molar-refractivity contribution in [2.75, 3.05) is 0 Å². The molecule has 0 unspecified atom stereocenters. The highest BCUT2D eigenvalue weighted by Crippen LogP contribution is 2.18. The van der Waals surface area contributed by atoms with Gasteiger partial charge in [-0.15, -0.1) is 0 Å². The van der Waals surface area contributed by atoms with Crippen LogP contribution >= 0.6 is 22.6 Å². The molecular formula is C13H17IN2O2. The van der Waals surface area contributed by atoms with E-state index in [2.05, 4.69) is 27.9 Å². The van der Waals surface area contributed by atoms with Crippen LogP contribution in [0.4, 0.5) is 0 Å². The maximum atomic E-state index is 12.1. The van der Waals surface area contributed by atoms with Crippen LogP contribution in [0.25, 0.3) is 0 Å². The van der Waals surface area contributed by atoms with Crippen LogP contribution in [0.2, 0.25) is 0 Å². The van der Waals surface area contributed by atoms with Gasteiger partial charge >= 0.3 is 0 Å². The maximum Gasteiger partial charge on any atom is 0.252 e. The standard InChI is InChI=1S/C13H17IN2O2/c1-8-5-4-6-9(11(8)14)12(18)16-13(2,3)7-10(15)17/h4-6H,7H2,1-3H3,(H2,15,17)(H,16,18). The zero-order chi connectivity index (χ0) is 13.9. The number of carbonyl (C=O) groups excluding carboxylic acids is 2. The Hall–Kier alpha value is -1.11. The lowest BCUT2D eigenvalue weighted by atomic mass is 9.99. The number of nitrogens with two attached hydrogens (primary N) is 1. The van der Waals surface area contributed by atoms with Crippen molar-refractivity contribution in [3.8, 4) is 0 Å². The van der Waals surface area contributed by atoms with Crippen molar-refractivity contribution in [3.63, 3.8) is 0 Å². The molecule has 0 fully saturated rings. The molecule has 0 aliphatic heterocycles. The number of primary amides is 1. The van der Waals surface area contributed by atoms with Gasteiger partial charge in [0, 0.05) is 15.5 Å². The maximum absolute atomic E-state index is 12.1. The Morgan fingerprint density at radius 2 is 2.00 bits per heavy atom. The molecule has 0 bridgehead atoms. The third-order valence-electron chi connectivity index (χ3n) is 2.50. The summed E-state index contributed by atoms with van der Waals surface area (Å²) in [5, 5.41) is 2.83. The number of hydrogen-bond acceptors (Lipinski definition) is 2. The minimum absolute atomic E-state index is 0.112. The Morgan fingerprint density at radius 1 is 1.39 bits per heavy atom. The summed E-state index contributed by atoms with van der Waals surface area (Å²) in [6.07, 6.45) is 0.112.